The molecule has 5 heteroatoms. The topological polar surface area (TPSA) is 64.9 Å². The van der Waals surface area contributed by atoms with E-state index in [1.54, 1.807) is 6.07 Å². The molecule has 0 saturated carbocycles. The molecule has 0 fully saturated rings. The van der Waals surface area contributed by atoms with Crippen molar-refractivity contribution in [2.45, 2.75) is 6.42 Å². The van der Waals surface area contributed by atoms with E-state index in [1.165, 1.54) is 0 Å². The van der Waals surface area contributed by atoms with Gasteiger partial charge in [0.25, 0.3) is 5.91 Å². The first-order valence-electron chi connectivity index (χ1n) is 7.73. The number of rotatable bonds is 3. The van der Waals surface area contributed by atoms with E-state index < -0.39 is 0 Å². The number of hydrogen-bond acceptors (Lipinski definition) is 3. The van der Waals surface area contributed by atoms with Gasteiger partial charge in [-0.3, -0.25) is 10.1 Å². The molecular formula is C20H15N3OS. The molecule has 0 heterocycles. The van der Waals surface area contributed by atoms with E-state index in [0.29, 0.717) is 12.0 Å². The summed E-state index contributed by atoms with van der Waals surface area (Å²) in [6.07, 6.45) is 0.365. The summed E-state index contributed by atoms with van der Waals surface area (Å²) in [5.41, 5.74) is 2.23. The van der Waals surface area contributed by atoms with Gasteiger partial charge in [0.1, 0.15) is 0 Å². The molecule has 0 aliphatic carbocycles. The first-order valence-corrected chi connectivity index (χ1v) is 8.13. The maximum absolute atomic E-state index is 12.4. The van der Waals surface area contributed by atoms with Crippen molar-refractivity contribution in [1.29, 1.82) is 5.26 Å². The normalized spacial score (nSPS) is 10.0. The van der Waals surface area contributed by atoms with Crippen molar-refractivity contribution in [2.24, 2.45) is 0 Å². The molecule has 0 spiro atoms. The third-order valence-electron chi connectivity index (χ3n) is 3.73. The van der Waals surface area contributed by atoms with Gasteiger partial charge in [-0.25, -0.2) is 0 Å². The van der Waals surface area contributed by atoms with E-state index in [-0.39, 0.29) is 11.0 Å². The van der Waals surface area contributed by atoms with E-state index >= 15 is 0 Å². The van der Waals surface area contributed by atoms with Gasteiger partial charge < -0.3 is 5.32 Å². The van der Waals surface area contributed by atoms with Crippen LogP contribution in [0.25, 0.3) is 10.8 Å². The van der Waals surface area contributed by atoms with Crippen molar-refractivity contribution in [1.82, 2.24) is 5.32 Å². The molecule has 0 radical (unpaired) electrons. The fourth-order valence-electron chi connectivity index (χ4n) is 2.47. The van der Waals surface area contributed by atoms with E-state index in [4.69, 9.17) is 17.5 Å². The number of amides is 1. The lowest BCUT2D eigenvalue weighted by atomic mass is 10.1. The Morgan fingerprint density at radius 3 is 2.44 bits per heavy atom. The molecular weight excluding hydrogens is 330 g/mol. The van der Waals surface area contributed by atoms with Gasteiger partial charge >= 0.3 is 0 Å². The maximum atomic E-state index is 12.4. The number of nitrogens with one attached hydrogen (secondary N) is 2. The molecule has 25 heavy (non-hydrogen) atoms. The zero-order valence-corrected chi connectivity index (χ0v) is 14.1. The molecule has 0 aliphatic rings. The Hall–Kier alpha value is -3.23. The van der Waals surface area contributed by atoms with Gasteiger partial charge in [-0.1, -0.05) is 42.5 Å². The molecule has 0 atom stereocenters. The van der Waals surface area contributed by atoms with E-state index in [1.807, 2.05) is 60.7 Å². The highest BCUT2D eigenvalue weighted by molar-refractivity contribution is 7.80. The van der Waals surface area contributed by atoms with Gasteiger partial charge in [0.05, 0.1) is 12.5 Å². The molecule has 0 aliphatic heterocycles. The Kier molecular flexibility index (Phi) is 5.03. The Morgan fingerprint density at radius 1 is 1.00 bits per heavy atom. The molecule has 0 aromatic heterocycles. The molecule has 3 aromatic carbocycles. The van der Waals surface area contributed by atoms with Crippen LogP contribution >= 0.6 is 12.2 Å². The standard InChI is InChI=1S/C20H15N3OS/c21-12-11-14-5-9-18(10-6-14)22-20(25)23-19(24)17-8-7-15-3-1-2-4-16(15)13-17/h1-10,13H,11H2,(H2,22,23,24,25). The number of nitriles is 1. The van der Waals surface area contributed by atoms with Crippen molar-refractivity contribution in [3.8, 4) is 6.07 Å². The number of anilines is 1. The Labute approximate surface area is 151 Å². The highest BCUT2D eigenvalue weighted by atomic mass is 32.1. The van der Waals surface area contributed by atoms with E-state index in [2.05, 4.69) is 16.7 Å². The summed E-state index contributed by atoms with van der Waals surface area (Å²) in [4.78, 5) is 12.4. The Morgan fingerprint density at radius 2 is 1.72 bits per heavy atom. The second-order valence-electron chi connectivity index (χ2n) is 5.50. The van der Waals surface area contributed by atoms with Crippen molar-refractivity contribution < 1.29 is 4.79 Å². The molecule has 0 unspecified atom stereocenters. The number of hydrogen-bond donors (Lipinski definition) is 2. The van der Waals surface area contributed by atoms with Gasteiger partial charge in [-0.05, 0) is 52.8 Å². The zero-order valence-electron chi connectivity index (χ0n) is 13.3. The van der Waals surface area contributed by atoms with E-state index in [9.17, 15) is 4.79 Å². The van der Waals surface area contributed by atoms with Crippen LogP contribution in [-0.4, -0.2) is 11.0 Å². The Balaban J connectivity index is 1.65. The quantitative estimate of drug-likeness (QED) is 0.703. The van der Waals surface area contributed by atoms with Crippen LogP contribution in [0.5, 0.6) is 0 Å². The smallest absolute Gasteiger partial charge is 0.257 e. The fourth-order valence-corrected chi connectivity index (χ4v) is 2.68. The first kappa shape index (κ1) is 16.6. The summed E-state index contributed by atoms with van der Waals surface area (Å²) >= 11 is 5.20. The molecule has 0 bridgehead atoms. The second-order valence-corrected chi connectivity index (χ2v) is 5.91. The number of carbonyl (C=O) groups is 1. The fraction of sp³-hybridized carbons (Fsp3) is 0.0500. The minimum absolute atomic E-state index is 0.228. The number of nitrogens with zero attached hydrogens (tertiary/aromatic N) is 1. The van der Waals surface area contributed by atoms with Crippen LogP contribution in [-0.2, 0) is 6.42 Å². The Bertz CT molecular complexity index is 974. The minimum Gasteiger partial charge on any atom is -0.332 e. The first-order chi connectivity index (χ1) is 12.2. The molecule has 3 aromatic rings. The lowest BCUT2D eigenvalue weighted by Gasteiger charge is -2.10. The summed E-state index contributed by atoms with van der Waals surface area (Å²) in [7, 11) is 0. The van der Waals surface area contributed by atoms with E-state index in [0.717, 1.165) is 22.0 Å². The molecule has 4 nitrogen and oxygen atoms in total. The van der Waals surface area contributed by atoms with Crippen LogP contribution in [0.4, 0.5) is 5.69 Å². The van der Waals surface area contributed by atoms with Gasteiger partial charge in [-0.15, -0.1) is 0 Å². The summed E-state index contributed by atoms with van der Waals surface area (Å²) in [6, 6.07) is 22.8. The van der Waals surface area contributed by atoms with Crippen LogP contribution in [0.2, 0.25) is 0 Å². The number of thiocarbonyl (C=S) groups is 1. The molecule has 0 saturated heterocycles. The molecule has 2 N–H and O–H groups in total. The number of carbonyl (C=O) groups excluding carboxylic acids is 1. The predicted molar refractivity (Wildman–Crippen MR) is 103 cm³/mol. The summed E-state index contributed by atoms with van der Waals surface area (Å²) < 4.78 is 0. The van der Waals surface area contributed by atoms with Crippen LogP contribution in [0.15, 0.2) is 66.7 Å². The molecule has 122 valence electrons. The zero-order chi connectivity index (χ0) is 17.6. The van der Waals surface area contributed by atoms with Crippen LogP contribution in [0.1, 0.15) is 15.9 Å². The van der Waals surface area contributed by atoms with Crippen LogP contribution in [0, 0.1) is 11.3 Å². The average molecular weight is 345 g/mol. The van der Waals surface area contributed by atoms with Crippen molar-refractivity contribution in [3.63, 3.8) is 0 Å². The SMILES string of the molecule is N#CCc1ccc(NC(=S)NC(=O)c2ccc3ccccc3c2)cc1. The van der Waals surface area contributed by atoms with Crippen molar-refractivity contribution >= 4 is 39.7 Å². The van der Waals surface area contributed by atoms with Crippen molar-refractivity contribution in [3.05, 3.63) is 77.9 Å². The van der Waals surface area contributed by atoms with Crippen LogP contribution in [0.3, 0.4) is 0 Å². The number of benzene rings is 3. The number of fused-ring (bicyclic) bond motifs is 1. The molecule has 3 rings (SSSR count). The predicted octanol–water partition coefficient (Wildman–Crippen LogP) is 4.03. The maximum Gasteiger partial charge on any atom is 0.257 e. The minimum atomic E-state index is -0.260. The summed E-state index contributed by atoms with van der Waals surface area (Å²) in [5, 5.41) is 16.6. The molecule has 1 amide bonds. The van der Waals surface area contributed by atoms with Crippen LogP contribution < -0.4 is 10.6 Å². The lowest BCUT2D eigenvalue weighted by molar-refractivity contribution is 0.0978. The largest absolute Gasteiger partial charge is 0.332 e. The second kappa shape index (κ2) is 7.56. The highest BCUT2D eigenvalue weighted by Crippen LogP contribution is 2.15. The van der Waals surface area contributed by atoms with Gasteiger partial charge in [0.2, 0.25) is 0 Å². The van der Waals surface area contributed by atoms with Crippen molar-refractivity contribution in [2.75, 3.05) is 5.32 Å². The monoisotopic (exact) mass is 345 g/mol. The summed E-state index contributed by atoms with van der Waals surface area (Å²) in [5.74, 6) is -0.260. The average Bonchev–Trinajstić information content (AvgIpc) is 2.63. The third kappa shape index (κ3) is 4.19. The van der Waals surface area contributed by atoms with Gasteiger partial charge in [0.15, 0.2) is 5.11 Å². The summed E-state index contributed by atoms with van der Waals surface area (Å²) in [6.45, 7) is 0. The van der Waals surface area contributed by atoms with Gasteiger partial charge in [-0.2, -0.15) is 5.26 Å². The lowest BCUT2D eigenvalue weighted by Crippen LogP contribution is -2.34. The highest BCUT2D eigenvalue weighted by Gasteiger charge is 2.08. The third-order valence-corrected chi connectivity index (χ3v) is 3.94. The van der Waals surface area contributed by atoms with Gasteiger partial charge in [0, 0.05) is 11.3 Å².